The fourth-order valence-corrected chi connectivity index (χ4v) is 4.43. The number of carbonyl (C=O) groups excluding carboxylic acids is 1. The number of halogens is 1. The number of rotatable bonds is 7. The summed E-state index contributed by atoms with van der Waals surface area (Å²) in [4.78, 5) is 19.1. The van der Waals surface area contributed by atoms with Gasteiger partial charge >= 0.3 is 5.97 Å². The lowest BCUT2D eigenvalue weighted by Crippen LogP contribution is -2.26. The average molecular weight is 441 g/mol. The quantitative estimate of drug-likeness (QED) is 0.381. The van der Waals surface area contributed by atoms with Gasteiger partial charge in [-0.05, 0) is 61.9 Å². The highest BCUT2D eigenvalue weighted by atomic mass is 19.1. The van der Waals surface area contributed by atoms with E-state index < -0.39 is 5.82 Å². The van der Waals surface area contributed by atoms with E-state index in [0.717, 1.165) is 55.6 Å². The Bertz CT molecular complexity index is 1080. The molecule has 0 radical (unpaired) electrons. The number of pyridine rings is 1. The minimum absolute atomic E-state index is 0.0916. The first-order valence-corrected chi connectivity index (χ1v) is 11.1. The zero-order chi connectivity index (χ0) is 22.5. The van der Waals surface area contributed by atoms with Gasteiger partial charge in [-0.1, -0.05) is 0 Å². The molecule has 0 bridgehead atoms. The Morgan fingerprint density at radius 2 is 2.12 bits per heavy atom. The smallest absolute Gasteiger partial charge is 0.308 e. The lowest BCUT2D eigenvalue weighted by Gasteiger charge is -2.26. The second-order valence-corrected chi connectivity index (χ2v) is 8.24. The summed E-state index contributed by atoms with van der Waals surface area (Å²) >= 11 is 0. The number of methoxy groups -OCH3 is 2. The summed E-state index contributed by atoms with van der Waals surface area (Å²) in [7, 11) is 3.14. The van der Waals surface area contributed by atoms with E-state index in [9.17, 15) is 9.18 Å². The minimum Gasteiger partial charge on any atom is -0.469 e. The monoisotopic (exact) mass is 440 g/mol. The van der Waals surface area contributed by atoms with E-state index in [0.29, 0.717) is 24.1 Å². The third-order valence-electron chi connectivity index (χ3n) is 6.12. The fourth-order valence-electron chi connectivity index (χ4n) is 4.43. The number of furan rings is 1. The second-order valence-electron chi connectivity index (χ2n) is 8.24. The van der Waals surface area contributed by atoms with E-state index in [1.54, 1.807) is 13.2 Å². The molecule has 1 atom stereocenters. The summed E-state index contributed by atoms with van der Waals surface area (Å²) in [6, 6.07) is 7.30. The van der Waals surface area contributed by atoms with Crippen LogP contribution in [0, 0.1) is 11.7 Å². The van der Waals surface area contributed by atoms with E-state index in [1.165, 1.54) is 19.4 Å². The Hall–Kier alpha value is -2.93. The highest BCUT2D eigenvalue weighted by molar-refractivity contribution is 5.86. The van der Waals surface area contributed by atoms with Gasteiger partial charge in [0.2, 0.25) is 0 Å². The molecule has 1 unspecified atom stereocenters. The predicted octanol–water partition coefficient (Wildman–Crippen LogP) is 4.99. The van der Waals surface area contributed by atoms with Crippen molar-refractivity contribution in [1.82, 2.24) is 4.98 Å². The molecule has 170 valence electrons. The van der Waals surface area contributed by atoms with Crippen LogP contribution in [-0.4, -0.2) is 44.9 Å². The van der Waals surface area contributed by atoms with E-state index in [4.69, 9.17) is 18.9 Å². The van der Waals surface area contributed by atoms with Gasteiger partial charge in [-0.2, -0.15) is 0 Å². The Labute approximate surface area is 187 Å². The van der Waals surface area contributed by atoms with E-state index in [1.807, 2.05) is 12.3 Å². The molecule has 1 aliphatic rings. The Morgan fingerprint density at radius 1 is 1.25 bits per heavy atom. The van der Waals surface area contributed by atoms with E-state index >= 15 is 0 Å². The number of ether oxygens (including phenoxy) is 2. The summed E-state index contributed by atoms with van der Waals surface area (Å²) < 4.78 is 30.1. The van der Waals surface area contributed by atoms with Gasteiger partial charge in [0.05, 0.1) is 30.7 Å². The van der Waals surface area contributed by atoms with Crippen molar-refractivity contribution in [2.24, 2.45) is 5.92 Å². The molecule has 1 aliphatic heterocycles. The molecule has 2 aromatic heterocycles. The largest absolute Gasteiger partial charge is 0.469 e. The molecule has 1 aromatic carbocycles. The average Bonchev–Trinajstić information content (AvgIpc) is 3.15. The number of fused-ring (bicyclic) bond motifs is 1. The number of hydrogen-bond acceptors (Lipinski definition) is 6. The molecule has 0 N–H and O–H groups in total. The van der Waals surface area contributed by atoms with Crippen LogP contribution < -0.4 is 4.90 Å². The molecule has 0 saturated carbocycles. The maximum Gasteiger partial charge on any atom is 0.308 e. The lowest BCUT2D eigenvalue weighted by atomic mass is 10.0. The first-order valence-electron chi connectivity index (χ1n) is 11.1. The van der Waals surface area contributed by atoms with Gasteiger partial charge in [0.15, 0.2) is 11.4 Å². The van der Waals surface area contributed by atoms with Crippen molar-refractivity contribution in [2.75, 3.05) is 38.8 Å². The highest BCUT2D eigenvalue weighted by Gasteiger charge is 2.25. The molecule has 7 heteroatoms. The third kappa shape index (κ3) is 4.78. The van der Waals surface area contributed by atoms with Gasteiger partial charge in [-0.15, -0.1) is 0 Å². The first kappa shape index (κ1) is 22.3. The highest BCUT2D eigenvalue weighted by Crippen LogP contribution is 2.35. The second kappa shape index (κ2) is 10.1. The van der Waals surface area contributed by atoms with Crippen LogP contribution in [-0.2, 0) is 20.7 Å². The Balaban J connectivity index is 1.70. The molecule has 1 fully saturated rings. The van der Waals surface area contributed by atoms with Gasteiger partial charge in [0.1, 0.15) is 0 Å². The molecule has 0 aliphatic carbocycles. The van der Waals surface area contributed by atoms with Crippen LogP contribution >= 0.6 is 0 Å². The van der Waals surface area contributed by atoms with Crippen molar-refractivity contribution in [3.8, 4) is 11.3 Å². The molecular formula is C25H29FN2O4. The van der Waals surface area contributed by atoms with Crippen molar-refractivity contribution >= 4 is 22.6 Å². The number of nitrogens with zero attached hydrogens (tertiary/aromatic N) is 2. The van der Waals surface area contributed by atoms with Crippen LogP contribution in [0.4, 0.5) is 10.1 Å². The number of carbonyl (C=O) groups is 1. The molecule has 0 spiro atoms. The Morgan fingerprint density at radius 3 is 2.94 bits per heavy atom. The maximum atomic E-state index is 14.7. The zero-order valence-corrected chi connectivity index (χ0v) is 18.6. The van der Waals surface area contributed by atoms with Crippen molar-refractivity contribution in [1.29, 1.82) is 0 Å². The summed E-state index contributed by atoms with van der Waals surface area (Å²) in [5, 5.41) is 0.707. The molecule has 6 nitrogen and oxygen atoms in total. The normalized spacial score (nSPS) is 16.8. The number of aromatic nitrogens is 1. The standard InChI is InChI=1S/C25H29FN2O4/c1-30-11-4-5-17-13-22(28-9-3-6-18(7-10-28)25(29)31-2)23(27-16-17)20-14-19-8-12-32-24(19)21(26)15-20/h8,12-16,18H,3-7,9-11H2,1-2H3. The van der Waals surface area contributed by atoms with Gasteiger partial charge in [-0.3, -0.25) is 9.78 Å². The number of hydrogen-bond donors (Lipinski definition) is 0. The minimum atomic E-state index is -0.402. The van der Waals surface area contributed by atoms with Crippen LogP contribution in [0.15, 0.2) is 41.1 Å². The summed E-state index contributed by atoms with van der Waals surface area (Å²) in [5.41, 5.74) is 3.77. The van der Waals surface area contributed by atoms with Crippen LogP contribution in [0.25, 0.3) is 22.2 Å². The summed E-state index contributed by atoms with van der Waals surface area (Å²) in [6.07, 6.45) is 7.50. The molecule has 0 amide bonds. The predicted molar refractivity (Wildman–Crippen MR) is 121 cm³/mol. The summed E-state index contributed by atoms with van der Waals surface area (Å²) in [5.74, 6) is -0.641. The third-order valence-corrected chi connectivity index (χ3v) is 6.12. The van der Waals surface area contributed by atoms with Crippen LogP contribution in [0.1, 0.15) is 31.2 Å². The molecular weight excluding hydrogens is 411 g/mol. The van der Waals surface area contributed by atoms with Crippen LogP contribution in [0.2, 0.25) is 0 Å². The van der Waals surface area contributed by atoms with Gasteiger partial charge in [-0.25, -0.2) is 4.39 Å². The van der Waals surface area contributed by atoms with Gasteiger partial charge in [0.25, 0.3) is 0 Å². The van der Waals surface area contributed by atoms with Crippen LogP contribution in [0.5, 0.6) is 0 Å². The van der Waals surface area contributed by atoms with Crippen molar-refractivity contribution in [3.63, 3.8) is 0 Å². The fraction of sp³-hybridized carbons (Fsp3) is 0.440. The van der Waals surface area contributed by atoms with Gasteiger partial charge in [0, 0.05) is 44.0 Å². The molecule has 3 heterocycles. The number of benzene rings is 1. The van der Waals surface area contributed by atoms with Crippen LogP contribution in [0.3, 0.4) is 0 Å². The number of esters is 1. The molecule has 3 aromatic rings. The summed E-state index contributed by atoms with van der Waals surface area (Å²) in [6.45, 7) is 2.20. The Kier molecular flexibility index (Phi) is 7.05. The molecule has 1 saturated heterocycles. The SMILES string of the molecule is COCCCc1cnc(-c2cc(F)c3occc3c2)c(N2CCCC(C(=O)OC)CC2)c1. The lowest BCUT2D eigenvalue weighted by molar-refractivity contribution is -0.145. The first-order chi connectivity index (χ1) is 15.6. The zero-order valence-electron chi connectivity index (χ0n) is 18.6. The number of aryl methyl sites for hydroxylation is 1. The van der Waals surface area contributed by atoms with Crippen molar-refractivity contribution in [3.05, 3.63) is 48.1 Å². The van der Waals surface area contributed by atoms with Crippen molar-refractivity contribution < 1.29 is 23.1 Å². The maximum absolute atomic E-state index is 14.7. The molecule has 4 rings (SSSR count). The number of anilines is 1. The van der Waals surface area contributed by atoms with Crippen molar-refractivity contribution in [2.45, 2.75) is 32.1 Å². The van der Waals surface area contributed by atoms with Gasteiger partial charge < -0.3 is 18.8 Å². The molecule has 32 heavy (non-hydrogen) atoms. The van der Waals surface area contributed by atoms with E-state index in [-0.39, 0.29) is 17.5 Å². The van der Waals surface area contributed by atoms with E-state index in [2.05, 4.69) is 11.0 Å². The topological polar surface area (TPSA) is 64.8 Å².